The van der Waals surface area contributed by atoms with Crippen molar-refractivity contribution in [2.45, 2.75) is 58.3 Å². The Hall–Kier alpha value is -5.04. The number of carbonyl (C=O) groups is 6. The molecule has 0 aliphatic heterocycles. The van der Waals surface area contributed by atoms with E-state index in [2.05, 4.69) is 16.0 Å². The molecule has 0 aromatic heterocycles. The summed E-state index contributed by atoms with van der Waals surface area (Å²) in [6, 6.07) is 13.9. The number of aliphatic hydroxyl groups excluding tert-OH is 1. The smallest absolute Gasteiger partial charge is 0.408 e. The summed E-state index contributed by atoms with van der Waals surface area (Å²) in [6.45, 7) is 3.23. The molecular weight excluding hydrogens is 586 g/mol. The summed E-state index contributed by atoms with van der Waals surface area (Å²) >= 11 is 0. The first kappa shape index (κ1) is 36.2. The number of Topliss-reactive ketones (excluding diaryl/α,β-unsaturated/α-hetero) is 1. The largest absolute Gasteiger partial charge is 0.487 e. The average molecular weight is 626 g/mol. The van der Waals surface area contributed by atoms with Crippen molar-refractivity contribution in [1.29, 1.82) is 0 Å². The average Bonchev–Trinajstić information content (AvgIpc) is 3.02. The zero-order valence-electron chi connectivity index (χ0n) is 25.4. The van der Waals surface area contributed by atoms with Crippen LogP contribution in [0.5, 0.6) is 0 Å². The number of carboxylic acids is 1. The molecule has 2 rings (SSSR count). The number of nitrogens with one attached hydrogen (secondary N) is 3. The molecular formula is C32H39N3O10. The first-order valence-electron chi connectivity index (χ1n) is 14.2. The van der Waals surface area contributed by atoms with Gasteiger partial charge in [-0.25, -0.2) is 4.79 Å². The lowest BCUT2D eigenvalue weighted by Crippen LogP contribution is -2.56. The molecule has 0 saturated carbocycles. The molecule has 0 fully saturated rings. The monoisotopic (exact) mass is 625 g/mol. The number of carboxylic acid groups (broad SMARTS) is 1. The van der Waals surface area contributed by atoms with Crippen LogP contribution in [0, 0.1) is 5.92 Å². The number of amides is 3. The van der Waals surface area contributed by atoms with Crippen LogP contribution in [-0.2, 0) is 46.5 Å². The quantitative estimate of drug-likeness (QED) is 0.0923. The second kappa shape index (κ2) is 18.6. The van der Waals surface area contributed by atoms with E-state index in [1.807, 2.05) is 6.07 Å². The van der Waals surface area contributed by atoms with Crippen LogP contribution in [0.3, 0.4) is 0 Å². The van der Waals surface area contributed by atoms with Crippen molar-refractivity contribution >= 4 is 35.9 Å². The highest BCUT2D eigenvalue weighted by atomic mass is 16.5. The molecule has 0 radical (unpaired) electrons. The Labute approximate surface area is 261 Å². The van der Waals surface area contributed by atoms with E-state index >= 15 is 0 Å². The lowest BCUT2D eigenvalue weighted by Gasteiger charge is -2.24. The molecule has 3 amide bonds. The van der Waals surface area contributed by atoms with Gasteiger partial charge in [0.05, 0.1) is 6.42 Å². The van der Waals surface area contributed by atoms with E-state index in [0.717, 1.165) is 11.1 Å². The molecule has 2 aromatic carbocycles. The van der Waals surface area contributed by atoms with Crippen molar-refractivity contribution < 1.29 is 48.5 Å². The zero-order chi connectivity index (χ0) is 33.4. The molecule has 5 N–H and O–H groups in total. The zero-order valence-corrected chi connectivity index (χ0v) is 25.4. The second-order valence-electron chi connectivity index (χ2n) is 10.5. The number of aliphatic hydroxyl groups is 1. The summed E-state index contributed by atoms with van der Waals surface area (Å²) in [5, 5.41) is 26.3. The third-order valence-corrected chi connectivity index (χ3v) is 6.54. The predicted octanol–water partition coefficient (Wildman–Crippen LogP) is 1.68. The number of hydrogen-bond acceptors (Lipinski definition) is 9. The van der Waals surface area contributed by atoms with Crippen molar-refractivity contribution in [2.24, 2.45) is 5.92 Å². The Bertz CT molecular complexity index is 1350. The maximum absolute atomic E-state index is 12.9. The Morgan fingerprint density at radius 2 is 1.42 bits per heavy atom. The van der Waals surface area contributed by atoms with Gasteiger partial charge in [0.15, 0.2) is 5.78 Å². The number of rotatable bonds is 18. The standard InChI is InChI=1S/C32H39N3O10/c1-20(2)29(35-32(43)45-18-23-12-8-5-9-13-23)31(42)33-21(3)30(41)34-25(15-28(39)40)26(38)19-44-27(17-37)24(16-36)14-22-10-6-4-7-11-22/h4-13,16,20-21,25,29,37H,14-15,17-19H2,1-3H3,(H,33,42)(H,34,41)(H,35,43)(H,39,40)/b27-24+/t21-,25-,29-/m0/s1. The van der Waals surface area contributed by atoms with Crippen LogP contribution < -0.4 is 16.0 Å². The molecule has 13 heteroatoms. The fourth-order valence-corrected chi connectivity index (χ4v) is 4.03. The molecule has 0 bridgehead atoms. The number of alkyl carbamates (subject to hydrolysis) is 1. The van der Waals surface area contributed by atoms with Crippen LogP contribution in [0.4, 0.5) is 4.79 Å². The number of hydrogen-bond donors (Lipinski definition) is 5. The van der Waals surface area contributed by atoms with Gasteiger partial charge in [0.1, 0.15) is 50.0 Å². The summed E-state index contributed by atoms with van der Waals surface area (Å²) in [4.78, 5) is 74.1. The highest BCUT2D eigenvalue weighted by Crippen LogP contribution is 2.13. The van der Waals surface area contributed by atoms with Gasteiger partial charge in [-0.2, -0.15) is 0 Å². The first-order valence-corrected chi connectivity index (χ1v) is 14.2. The van der Waals surface area contributed by atoms with Gasteiger partial charge in [-0.3, -0.25) is 24.0 Å². The van der Waals surface area contributed by atoms with Gasteiger partial charge in [-0.1, -0.05) is 74.5 Å². The van der Waals surface area contributed by atoms with Crippen molar-refractivity contribution in [1.82, 2.24) is 16.0 Å². The topological polar surface area (TPSA) is 197 Å². The molecule has 0 heterocycles. The summed E-state index contributed by atoms with van der Waals surface area (Å²) in [6.07, 6.45) is -1.01. The van der Waals surface area contributed by atoms with E-state index in [1.54, 1.807) is 68.4 Å². The molecule has 242 valence electrons. The number of ether oxygens (including phenoxy) is 2. The molecule has 0 unspecified atom stereocenters. The summed E-state index contributed by atoms with van der Waals surface area (Å²) < 4.78 is 10.5. The molecule has 0 spiro atoms. The lowest BCUT2D eigenvalue weighted by molar-refractivity contribution is -0.141. The Balaban J connectivity index is 2.00. The number of ketones is 1. The molecule has 45 heavy (non-hydrogen) atoms. The summed E-state index contributed by atoms with van der Waals surface area (Å²) in [7, 11) is 0. The van der Waals surface area contributed by atoms with Gasteiger partial charge < -0.3 is 35.6 Å². The Kier molecular flexibility index (Phi) is 14.9. The van der Waals surface area contributed by atoms with Crippen LogP contribution in [0.25, 0.3) is 0 Å². The van der Waals surface area contributed by atoms with Crippen LogP contribution in [0.2, 0.25) is 0 Å². The molecule has 3 atom stereocenters. The van der Waals surface area contributed by atoms with E-state index in [0.29, 0.717) is 6.29 Å². The predicted molar refractivity (Wildman–Crippen MR) is 161 cm³/mol. The Morgan fingerprint density at radius 3 is 1.96 bits per heavy atom. The van der Waals surface area contributed by atoms with Crippen LogP contribution >= 0.6 is 0 Å². The number of allylic oxidation sites excluding steroid dienone is 1. The normalized spacial score (nSPS) is 13.4. The van der Waals surface area contributed by atoms with Crippen LogP contribution in [0.15, 0.2) is 72.0 Å². The summed E-state index contributed by atoms with van der Waals surface area (Å²) in [5.74, 6) is -4.37. The van der Waals surface area contributed by atoms with Gasteiger partial charge in [0.2, 0.25) is 11.8 Å². The van der Waals surface area contributed by atoms with E-state index < -0.39 is 73.3 Å². The third kappa shape index (κ3) is 12.6. The maximum atomic E-state index is 12.9. The number of aliphatic carboxylic acids is 1. The molecule has 0 aliphatic carbocycles. The first-order chi connectivity index (χ1) is 21.4. The van der Waals surface area contributed by atoms with E-state index in [9.17, 15) is 39.0 Å². The SMILES string of the molecule is CC(C)[C@H](NC(=O)OCc1ccccc1)C(=O)N[C@@H](C)C(=O)N[C@@H](CC(=O)O)C(=O)CO/C(CO)=C(/C=O)Cc1ccccc1. The second-order valence-corrected chi connectivity index (χ2v) is 10.5. The van der Waals surface area contributed by atoms with Crippen LogP contribution in [0.1, 0.15) is 38.3 Å². The molecule has 0 aliphatic rings. The lowest BCUT2D eigenvalue weighted by atomic mass is 10.0. The van der Waals surface area contributed by atoms with Crippen LogP contribution in [-0.4, -0.2) is 77.5 Å². The number of aldehydes is 1. The van der Waals surface area contributed by atoms with Crippen molar-refractivity contribution in [3.63, 3.8) is 0 Å². The summed E-state index contributed by atoms with van der Waals surface area (Å²) in [5.41, 5.74) is 1.59. The van der Waals surface area contributed by atoms with Crippen molar-refractivity contribution in [2.75, 3.05) is 13.2 Å². The fraction of sp³-hybridized carbons (Fsp3) is 0.375. The van der Waals surface area contributed by atoms with Gasteiger partial charge in [-0.15, -0.1) is 0 Å². The van der Waals surface area contributed by atoms with Crippen molar-refractivity contribution in [3.05, 3.63) is 83.1 Å². The van der Waals surface area contributed by atoms with E-state index in [4.69, 9.17) is 9.47 Å². The Morgan fingerprint density at radius 1 is 0.822 bits per heavy atom. The van der Waals surface area contributed by atoms with Gasteiger partial charge in [-0.05, 0) is 24.0 Å². The van der Waals surface area contributed by atoms with Gasteiger partial charge in [0.25, 0.3) is 0 Å². The maximum Gasteiger partial charge on any atom is 0.408 e. The number of carbonyl (C=O) groups excluding carboxylic acids is 5. The number of benzene rings is 2. The highest BCUT2D eigenvalue weighted by Gasteiger charge is 2.30. The van der Waals surface area contributed by atoms with Gasteiger partial charge >= 0.3 is 12.1 Å². The van der Waals surface area contributed by atoms with E-state index in [-0.39, 0.29) is 24.4 Å². The van der Waals surface area contributed by atoms with Gasteiger partial charge in [0, 0.05) is 12.0 Å². The van der Waals surface area contributed by atoms with E-state index in [1.165, 1.54) is 6.92 Å². The minimum Gasteiger partial charge on any atom is -0.487 e. The molecule has 2 aromatic rings. The minimum absolute atomic E-state index is 0.0142. The molecule has 0 saturated heterocycles. The third-order valence-electron chi connectivity index (χ3n) is 6.54. The van der Waals surface area contributed by atoms with Crippen molar-refractivity contribution in [3.8, 4) is 0 Å². The molecule has 13 nitrogen and oxygen atoms in total. The fourth-order valence-electron chi connectivity index (χ4n) is 4.03. The minimum atomic E-state index is -1.55. The highest BCUT2D eigenvalue weighted by molar-refractivity contribution is 5.96.